The minimum atomic E-state index is -0.0275. The van der Waals surface area contributed by atoms with Gasteiger partial charge in [0.1, 0.15) is 5.83 Å². The molecule has 0 bridgehead atoms. The first-order valence-corrected chi connectivity index (χ1v) is 5.42. The molecule has 2 heterocycles. The number of rotatable bonds is 0. The van der Waals surface area contributed by atoms with E-state index in [0.717, 1.165) is 25.2 Å². The molecule has 3 heteroatoms. The second-order valence-electron chi connectivity index (χ2n) is 4.32. The molecule has 0 aromatic heterocycles. The summed E-state index contributed by atoms with van der Waals surface area (Å²) < 4.78 is 13.7. The zero-order valence-corrected chi connectivity index (χ0v) is 8.17. The van der Waals surface area contributed by atoms with Crippen LogP contribution in [0.3, 0.4) is 0 Å². The predicted molar refractivity (Wildman–Crippen MR) is 53.4 cm³/mol. The first kappa shape index (κ1) is 8.48. The molecular formula is C11H15FN2. The fraction of sp³-hybridized carbons (Fsp3) is 0.636. The van der Waals surface area contributed by atoms with Crippen LogP contribution in [-0.4, -0.2) is 30.1 Å². The maximum atomic E-state index is 13.7. The fourth-order valence-corrected chi connectivity index (χ4v) is 2.83. The molecule has 0 saturated carbocycles. The van der Waals surface area contributed by atoms with Crippen LogP contribution in [0.1, 0.15) is 19.3 Å². The lowest BCUT2D eigenvalue weighted by Crippen LogP contribution is -2.52. The van der Waals surface area contributed by atoms with E-state index in [1.807, 2.05) is 6.08 Å². The van der Waals surface area contributed by atoms with Crippen LogP contribution in [0.4, 0.5) is 4.39 Å². The Balaban J connectivity index is 1.98. The van der Waals surface area contributed by atoms with Crippen molar-refractivity contribution in [2.75, 3.05) is 13.1 Å². The largest absolute Gasteiger partial charge is 0.367 e. The Morgan fingerprint density at radius 2 is 2.43 bits per heavy atom. The summed E-state index contributed by atoms with van der Waals surface area (Å²) in [4.78, 5) is 2.28. The van der Waals surface area contributed by atoms with Gasteiger partial charge in [-0.15, -0.1) is 0 Å². The van der Waals surface area contributed by atoms with E-state index in [9.17, 15) is 4.39 Å². The minimum absolute atomic E-state index is 0.0275. The first-order chi connectivity index (χ1) is 6.86. The molecule has 3 aliphatic rings. The molecule has 2 saturated heterocycles. The van der Waals surface area contributed by atoms with E-state index in [2.05, 4.69) is 10.2 Å². The van der Waals surface area contributed by atoms with Gasteiger partial charge in [-0.2, -0.15) is 0 Å². The molecule has 0 unspecified atom stereocenters. The number of halogens is 1. The van der Waals surface area contributed by atoms with E-state index in [4.69, 9.17) is 0 Å². The normalized spacial score (nSPS) is 35.9. The molecule has 1 aliphatic carbocycles. The van der Waals surface area contributed by atoms with Crippen LogP contribution in [0.25, 0.3) is 0 Å². The van der Waals surface area contributed by atoms with Gasteiger partial charge in [-0.3, -0.25) is 0 Å². The summed E-state index contributed by atoms with van der Waals surface area (Å²) in [6.07, 6.45) is 6.90. The Morgan fingerprint density at radius 3 is 3.36 bits per heavy atom. The monoisotopic (exact) mass is 194 g/mol. The van der Waals surface area contributed by atoms with Gasteiger partial charge in [0.2, 0.25) is 0 Å². The Morgan fingerprint density at radius 1 is 1.50 bits per heavy atom. The number of nitrogens with one attached hydrogen (secondary N) is 1. The summed E-state index contributed by atoms with van der Waals surface area (Å²) in [5.41, 5.74) is 0.918. The highest BCUT2D eigenvalue weighted by Crippen LogP contribution is 2.33. The van der Waals surface area contributed by atoms with Crippen molar-refractivity contribution in [3.05, 3.63) is 23.7 Å². The predicted octanol–water partition coefficient (Wildman–Crippen LogP) is 1.56. The van der Waals surface area contributed by atoms with Crippen LogP contribution in [0, 0.1) is 0 Å². The molecule has 0 aromatic carbocycles. The van der Waals surface area contributed by atoms with Crippen LogP contribution < -0.4 is 5.32 Å². The van der Waals surface area contributed by atoms with E-state index in [1.54, 1.807) is 6.08 Å². The maximum absolute atomic E-state index is 13.7. The molecule has 14 heavy (non-hydrogen) atoms. The van der Waals surface area contributed by atoms with Crippen molar-refractivity contribution in [3.63, 3.8) is 0 Å². The Labute approximate surface area is 83.5 Å². The zero-order valence-electron chi connectivity index (χ0n) is 8.17. The summed E-state index contributed by atoms with van der Waals surface area (Å²) in [7, 11) is 0. The van der Waals surface area contributed by atoms with Gasteiger partial charge in [-0.1, -0.05) is 6.08 Å². The van der Waals surface area contributed by atoms with Gasteiger partial charge < -0.3 is 10.2 Å². The topological polar surface area (TPSA) is 15.3 Å². The van der Waals surface area contributed by atoms with Crippen LogP contribution in [0.15, 0.2) is 23.7 Å². The number of allylic oxidation sites excluding steroid dienone is 2. The van der Waals surface area contributed by atoms with Crippen molar-refractivity contribution in [2.24, 2.45) is 0 Å². The summed E-state index contributed by atoms with van der Waals surface area (Å²) in [5.74, 6) is -0.0275. The third kappa shape index (κ3) is 1.12. The van der Waals surface area contributed by atoms with Gasteiger partial charge in [-0.05, 0) is 25.3 Å². The molecule has 2 fully saturated rings. The van der Waals surface area contributed by atoms with Crippen molar-refractivity contribution in [1.29, 1.82) is 0 Å². The molecule has 0 amide bonds. The van der Waals surface area contributed by atoms with Crippen molar-refractivity contribution in [1.82, 2.24) is 10.2 Å². The van der Waals surface area contributed by atoms with Gasteiger partial charge >= 0.3 is 0 Å². The Kier molecular flexibility index (Phi) is 1.87. The van der Waals surface area contributed by atoms with Gasteiger partial charge in [0, 0.05) is 19.1 Å². The lowest BCUT2D eigenvalue weighted by Gasteiger charge is -2.41. The van der Waals surface area contributed by atoms with Crippen molar-refractivity contribution in [2.45, 2.75) is 31.3 Å². The number of hydrogen-bond acceptors (Lipinski definition) is 2. The number of hydrogen-bond donors (Lipinski definition) is 1. The van der Waals surface area contributed by atoms with Crippen LogP contribution in [0.5, 0.6) is 0 Å². The molecule has 3 rings (SSSR count). The summed E-state index contributed by atoms with van der Waals surface area (Å²) in [6, 6.07) is 0.771. The van der Waals surface area contributed by atoms with Crippen LogP contribution in [0.2, 0.25) is 0 Å². The maximum Gasteiger partial charge on any atom is 0.143 e. The number of nitrogens with zero attached hydrogens (tertiary/aromatic N) is 1. The molecule has 0 aromatic rings. The second kappa shape index (κ2) is 3.09. The molecule has 76 valence electrons. The van der Waals surface area contributed by atoms with Gasteiger partial charge in [0.05, 0.1) is 11.7 Å². The average molecular weight is 194 g/mol. The van der Waals surface area contributed by atoms with Gasteiger partial charge in [0.25, 0.3) is 0 Å². The fourth-order valence-electron chi connectivity index (χ4n) is 2.83. The quantitative estimate of drug-likeness (QED) is 0.629. The molecule has 1 N–H and O–H groups in total. The third-order valence-electron chi connectivity index (χ3n) is 3.50. The highest BCUT2D eigenvalue weighted by molar-refractivity contribution is 5.31. The van der Waals surface area contributed by atoms with Crippen LogP contribution in [-0.2, 0) is 0 Å². The van der Waals surface area contributed by atoms with E-state index >= 15 is 0 Å². The lowest BCUT2D eigenvalue weighted by atomic mass is 9.98. The first-order valence-electron chi connectivity index (χ1n) is 5.42. The smallest absolute Gasteiger partial charge is 0.143 e. The Bertz CT molecular complexity index is 308. The summed E-state index contributed by atoms with van der Waals surface area (Å²) in [6.45, 7) is 2.06. The van der Waals surface area contributed by atoms with E-state index in [0.29, 0.717) is 6.04 Å². The molecule has 2 nitrogen and oxygen atoms in total. The summed E-state index contributed by atoms with van der Waals surface area (Å²) >= 11 is 0. The second-order valence-corrected chi connectivity index (χ2v) is 4.32. The molecule has 0 radical (unpaired) electrons. The van der Waals surface area contributed by atoms with Gasteiger partial charge in [-0.25, -0.2) is 4.39 Å². The minimum Gasteiger partial charge on any atom is -0.367 e. The highest BCUT2D eigenvalue weighted by Gasteiger charge is 2.36. The Hall–Kier alpha value is -0.830. The molecule has 2 atom stereocenters. The SMILES string of the molecule is FC1=C2[C@@H](CC=C1)NC[C@@H]1CCCN21. The number of fused-ring (bicyclic) bond motifs is 3. The number of piperazine rings is 1. The van der Waals surface area contributed by atoms with E-state index < -0.39 is 0 Å². The molecule has 2 aliphatic heterocycles. The van der Waals surface area contributed by atoms with Gasteiger partial charge in [0.15, 0.2) is 0 Å². The van der Waals surface area contributed by atoms with E-state index in [-0.39, 0.29) is 11.9 Å². The van der Waals surface area contributed by atoms with E-state index in [1.165, 1.54) is 12.8 Å². The molecule has 0 spiro atoms. The van der Waals surface area contributed by atoms with Crippen molar-refractivity contribution in [3.8, 4) is 0 Å². The third-order valence-corrected chi connectivity index (χ3v) is 3.50. The average Bonchev–Trinajstić information content (AvgIpc) is 2.65. The highest BCUT2D eigenvalue weighted by atomic mass is 19.1. The van der Waals surface area contributed by atoms with Crippen molar-refractivity contribution < 1.29 is 4.39 Å². The standard InChI is InChI=1S/C11H15FN2/c12-9-4-1-5-10-11(9)14-6-2-3-8(14)7-13-10/h1,4,8,10,13H,2-3,5-7H2/t8-,10+/m0/s1. The van der Waals surface area contributed by atoms with Crippen LogP contribution >= 0.6 is 0 Å². The van der Waals surface area contributed by atoms with Crippen molar-refractivity contribution >= 4 is 0 Å². The summed E-state index contributed by atoms with van der Waals surface area (Å²) in [5, 5.41) is 3.43. The molecular weight excluding hydrogens is 179 g/mol. The zero-order chi connectivity index (χ0) is 9.54. The lowest BCUT2D eigenvalue weighted by molar-refractivity contribution is 0.222.